The minimum absolute atomic E-state index is 0.266. The van der Waals surface area contributed by atoms with Gasteiger partial charge in [0.1, 0.15) is 5.69 Å². The molecule has 24 heavy (non-hydrogen) atoms. The zero-order valence-corrected chi connectivity index (χ0v) is 14.4. The molecule has 126 valence electrons. The van der Waals surface area contributed by atoms with Crippen molar-refractivity contribution in [1.82, 2.24) is 19.9 Å². The molecular formula is C19H24N4O. The lowest BCUT2D eigenvalue weighted by molar-refractivity contribution is 0.00370. The van der Waals surface area contributed by atoms with Crippen LogP contribution in [0.3, 0.4) is 0 Å². The fourth-order valence-electron chi connectivity index (χ4n) is 2.70. The highest BCUT2D eigenvalue weighted by Gasteiger charge is 2.15. The van der Waals surface area contributed by atoms with E-state index in [1.165, 1.54) is 12.8 Å². The maximum Gasteiger partial charge on any atom is 0.113 e. The standard InChI is InChI=1S/C19H24N4O/c1-22(2)12-5-6-16-8-10-17(11-9-16)19-15-23(21-20-19)14-18-7-3-4-13-24-18/h8-11,15,18H,3-4,7,12-14H2,1-2H3. The molecule has 2 aromatic rings. The van der Waals surface area contributed by atoms with E-state index in [2.05, 4.69) is 27.1 Å². The number of ether oxygens (including phenoxy) is 1. The van der Waals surface area contributed by atoms with Gasteiger partial charge in [0.05, 0.1) is 25.4 Å². The minimum Gasteiger partial charge on any atom is -0.376 e. The first-order chi connectivity index (χ1) is 11.7. The highest BCUT2D eigenvalue weighted by molar-refractivity contribution is 5.59. The van der Waals surface area contributed by atoms with Gasteiger partial charge in [-0.25, -0.2) is 4.68 Å². The van der Waals surface area contributed by atoms with Gasteiger partial charge in [0.2, 0.25) is 0 Å². The summed E-state index contributed by atoms with van der Waals surface area (Å²) in [4.78, 5) is 2.05. The maximum atomic E-state index is 5.76. The number of hydrogen-bond donors (Lipinski definition) is 0. The lowest BCUT2D eigenvalue weighted by atomic mass is 10.1. The van der Waals surface area contributed by atoms with E-state index in [-0.39, 0.29) is 6.10 Å². The van der Waals surface area contributed by atoms with E-state index in [0.717, 1.165) is 42.9 Å². The van der Waals surface area contributed by atoms with Crippen molar-refractivity contribution in [2.45, 2.75) is 31.9 Å². The molecule has 5 nitrogen and oxygen atoms in total. The second-order valence-corrected chi connectivity index (χ2v) is 6.43. The smallest absolute Gasteiger partial charge is 0.113 e. The summed E-state index contributed by atoms with van der Waals surface area (Å²) in [7, 11) is 4.03. The molecule has 1 aromatic heterocycles. The summed E-state index contributed by atoms with van der Waals surface area (Å²) in [6, 6.07) is 8.15. The molecule has 3 rings (SSSR count). The van der Waals surface area contributed by atoms with Crippen LogP contribution in [0.4, 0.5) is 0 Å². The Morgan fingerprint density at radius 3 is 2.79 bits per heavy atom. The van der Waals surface area contributed by atoms with Crippen molar-refractivity contribution in [2.75, 3.05) is 27.2 Å². The molecule has 0 saturated carbocycles. The van der Waals surface area contributed by atoms with Gasteiger partial charge < -0.3 is 4.74 Å². The second-order valence-electron chi connectivity index (χ2n) is 6.43. The van der Waals surface area contributed by atoms with Crippen LogP contribution in [0, 0.1) is 11.8 Å². The molecule has 5 heteroatoms. The second kappa shape index (κ2) is 8.09. The van der Waals surface area contributed by atoms with E-state index < -0.39 is 0 Å². The summed E-state index contributed by atoms with van der Waals surface area (Å²) in [6.45, 7) is 2.41. The molecule has 1 aliphatic heterocycles. The number of benzene rings is 1. The van der Waals surface area contributed by atoms with E-state index in [4.69, 9.17) is 4.74 Å². The first-order valence-corrected chi connectivity index (χ1v) is 8.46. The highest BCUT2D eigenvalue weighted by atomic mass is 16.5. The fourth-order valence-corrected chi connectivity index (χ4v) is 2.70. The molecule has 0 radical (unpaired) electrons. The third-order valence-electron chi connectivity index (χ3n) is 4.01. The summed E-state index contributed by atoms with van der Waals surface area (Å²) < 4.78 is 7.64. The van der Waals surface area contributed by atoms with E-state index >= 15 is 0 Å². The van der Waals surface area contributed by atoms with Crippen molar-refractivity contribution in [3.8, 4) is 23.1 Å². The molecule has 1 aliphatic rings. The van der Waals surface area contributed by atoms with Gasteiger partial charge in [-0.15, -0.1) is 5.10 Å². The number of nitrogens with zero attached hydrogens (tertiary/aromatic N) is 4. The van der Waals surface area contributed by atoms with Crippen LogP contribution in [-0.2, 0) is 11.3 Å². The first kappa shape index (κ1) is 16.7. The molecular weight excluding hydrogens is 300 g/mol. The Kier molecular flexibility index (Phi) is 5.63. The third-order valence-corrected chi connectivity index (χ3v) is 4.01. The first-order valence-electron chi connectivity index (χ1n) is 8.46. The Labute approximate surface area is 143 Å². The van der Waals surface area contributed by atoms with Crippen molar-refractivity contribution in [3.63, 3.8) is 0 Å². The van der Waals surface area contributed by atoms with E-state index in [9.17, 15) is 0 Å². The lowest BCUT2D eigenvalue weighted by Gasteiger charge is -2.21. The normalized spacial score (nSPS) is 17.5. The van der Waals surface area contributed by atoms with Crippen LogP contribution in [0.5, 0.6) is 0 Å². The molecule has 1 aromatic carbocycles. The van der Waals surface area contributed by atoms with Crippen LogP contribution in [0.25, 0.3) is 11.3 Å². The van der Waals surface area contributed by atoms with Crippen molar-refractivity contribution < 1.29 is 4.74 Å². The average Bonchev–Trinajstić information content (AvgIpc) is 3.04. The van der Waals surface area contributed by atoms with Crippen molar-refractivity contribution in [1.29, 1.82) is 0 Å². The van der Waals surface area contributed by atoms with Gasteiger partial charge in [0.25, 0.3) is 0 Å². The summed E-state index contributed by atoms with van der Waals surface area (Å²) in [5.41, 5.74) is 2.96. The molecule has 1 atom stereocenters. The number of hydrogen-bond acceptors (Lipinski definition) is 4. The molecule has 1 fully saturated rings. The van der Waals surface area contributed by atoms with Crippen molar-refractivity contribution >= 4 is 0 Å². The van der Waals surface area contributed by atoms with Gasteiger partial charge in [-0.1, -0.05) is 29.2 Å². The molecule has 0 bridgehead atoms. The zero-order valence-electron chi connectivity index (χ0n) is 14.4. The average molecular weight is 324 g/mol. The van der Waals surface area contributed by atoms with Crippen molar-refractivity contribution in [3.05, 3.63) is 36.0 Å². The van der Waals surface area contributed by atoms with Gasteiger partial charge in [0, 0.05) is 17.7 Å². The Balaban J connectivity index is 1.62. The summed E-state index contributed by atoms with van der Waals surface area (Å²) in [5.74, 6) is 6.30. The zero-order chi connectivity index (χ0) is 16.8. The van der Waals surface area contributed by atoms with Crippen LogP contribution in [-0.4, -0.2) is 53.2 Å². The van der Waals surface area contributed by atoms with Gasteiger partial charge in [0.15, 0.2) is 0 Å². The van der Waals surface area contributed by atoms with Crippen molar-refractivity contribution in [2.24, 2.45) is 0 Å². The minimum atomic E-state index is 0.266. The molecule has 0 aliphatic carbocycles. The molecule has 2 heterocycles. The molecule has 0 spiro atoms. The van der Waals surface area contributed by atoms with E-state index in [0.29, 0.717) is 0 Å². The third kappa shape index (κ3) is 4.67. The Hall–Kier alpha value is -2.16. The quantitative estimate of drug-likeness (QED) is 0.810. The Morgan fingerprint density at radius 2 is 2.08 bits per heavy atom. The largest absolute Gasteiger partial charge is 0.376 e. The summed E-state index contributed by atoms with van der Waals surface area (Å²) >= 11 is 0. The number of aromatic nitrogens is 3. The maximum absolute atomic E-state index is 5.76. The van der Waals surface area contributed by atoms with Crippen LogP contribution in [0.1, 0.15) is 24.8 Å². The fraction of sp³-hybridized carbons (Fsp3) is 0.474. The summed E-state index contributed by atoms with van der Waals surface area (Å²) in [6.07, 6.45) is 5.77. The molecule has 1 saturated heterocycles. The van der Waals surface area contributed by atoms with Gasteiger partial charge in [-0.3, -0.25) is 4.90 Å². The Bertz CT molecular complexity index is 703. The SMILES string of the molecule is CN(C)CC#Cc1ccc(-c2cn(CC3CCCCO3)nn2)cc1. The topological polar surface area (TPSA) is 43.2 Å². The molecule has 0 amide bonds. The predicted octanol–water partition coefficient (Wildman–Crippen LogP) is 2.43. The highest BCUT2D eigenvalue weighted by Crippen LogP contribution is 2.18. The van der Waals surface area contributed by atoms with Crippen LogP contribution >= 0.6 is 0 Å². The van der Waals surface area contributed by atoms with Crippen LogP contribution < -0.4 is 0 Å². The van der Waals surface area contributed by atoms with Crippen LogP contribution in [0.2, 0.25) is 0 Å². The van der Waals surface area contributed by atoms with Gasteiger partial charge in [-0.2, -0.15) is 0 Å². The van der Waals surface area contributed by atoms with Gasteiger partial charge in [-0.05, 0) is 45.5 Å². The number of rotatable bonds is 4. The lowest BCUT2D eigenvalue weighted by Crippen LogP contribution is -2.24. The van der Waals surface area contributed by atoms with Gasteiger partial charge >= 0.3 is 0 Å². The predicted molar refractivity (Wildman–Crippen MR) is 94.5 cm³/mol. The molecule has 0 N–H and O–H groups in total. The van der Waals surface area contributed by atoms with E-state index in [1.807, 2.05) is 49.2 Å². The summed E-state index contributed by atoms with van der Waals surface area (Å²) in [5, 5.41) is 8.51. The van der Waals surface area contributed by atoms with E-state index in [1.54, 1.807) is 0 Å². The Morgan fingerprint density at radius 1 is 1.25 bits per heavy atom. The van der Waals surface area contributed by atoms with Crippen LogP contribution in [0.15, 0.2) is 30.5 Å². The molecule has 1 unspecified atom stereocenters. The monoisotopic (exact) mass is 324 g/mol.